The standard InChI is InChI=1S/C25H22N4OS/c1-16-7-11-18(12-8-16)15-31-25-27-24(30)22-20-5-3-4-6-21(20)26-23(29(22)28-25)19-13-9-17(2)10-14-19/h3-14,23H,15H2,1-2H3,(H,27,28,30)/t23-/m1/s1. The van der Waals surface area contributed by atoms with Gasteiger partial charge in [-0.1, -0.05) is 89.6 Å². The monoisotopic (exact) mass is 426 g/mol. The smallest absolute Gasteiger partial charge is 0.276 e. The summed E-state index contributed by atoms with van der Waals surface area (Å²) in [6, 6.07) is 24.4. The van der Waals surface area contributed by atoms with Crippen LogP contribution in [0.5, 0.6) is 0 Å². The largest absolute Gasteiger partial charge is 0.298 e. The molecule has 2 aliphatic heterocycles. The van der Waals surface area contributed by atoms with Crippen molar-refractivity contribution in [2.75, 3.05) is 0 Å². The second-order valence-electron chi connectivity index (χ2n) is 7.76. The van der Waals surface area contributed by atoms with Crippen molar-refractivity contribution in [2.45, 2.75) is 25.8 Å². The molecule has 154 valence electrons. The van der Waals surface area contributed by atoms with E-state index in [2.05, 4.69) is 67.7 Å². The minimum atomic E-state index is -0.383. The van der Waals surface area contributed by atoms with E-state index in [9.17, 15) is 4.79 Å². The van der Waals surface area contributed by atoms with E-state index >= 15 is 0 Å². The van der Waals surface area contributed by atoms with Gasteiger partial charge in [-0.25, -0.2) is 5.01 Å². The minimum Gasteiger partial charge on any atom is -0.298 e. The van der Waals surface area contributed by atoms with E-state index in [-0.39, 0.29) is 12.1 Å². The highest BCUT2D eigenvalue weighted by molar-refractivity contribution is 8.13. The Morgan fingerprint density at radius 3 is 2.35 bits per heavy atom. The maximum Gasteiger partial charge on any atom is 0.276 e. The normalized spacial score (nSPS) is 17.3. The number of hydrazone groups is 1. The maximum atomic E-state index is 13.2. The van der Waals surface area contributed by atoms with Crippen LogP contribution in [0.2, 0.25) is 0 Å². The first-order valence-electron chi connectivity index (χ1n) is 10.2. The Morgan fingerprint density at radius 2 is 1.61 bits per heavy atom. The third-order valence-corrected chi connectivity index (χ3v) is 6.32. The van der Waals surface area contributed by atoms with Crippen molar-refractivity contribution in [3.63, 3.8) is 0 Å². The van der Waals surface area contributed by atoms with E-state index in [4.69, 9.17) is 10.1 Å². The summed E-state index contributed by atoms with van der Waals surface area (Å²) in [4.78, 5) is 18.1. The van der Waals surface area contributed by atoms with Gasteiger partial charge < -0.3 is 0 Å². The van der Waals surface area contributed by atoms with Gasteiger partial charge >= 0.3 is 0 Å². The zero-order valence-corrected chi connectivity index (χ0v) is 18.2. The van der Waals surface area contributed by atoms with Gasteiger partial charge in [-0.3, -0.25) is 15.1 Å². The first-order valence-corrected chi connectivity index (χ1v) is 11.2. The second kappa shape index (κ2) is 8.04. The fraction of sp³-hybridized carbons (Fsp3) is 0.160. The molecule has 0 aromatic heterocycles. The van der Waals surface area contributed by atoms with E-state index in [0.29, 0.717) is 10.9 Å². The Hall–Kier alpha value is -3.38. The zero-order chi connectivity index (χ0) is 21.4. The van der Waals surface area contributed by atoms with Crippen LogP contribution in [0.3, 0.4) is 0 Å². The van der Waals surface area contributed by atoms with Crippen molar-refractivity contribution in [3.8, 4) is 0 Å². The number of nitrogens with one attached hydrogen (secondary N) is 1. The van der Waals surface area contributed by atoms with Crippen molar-refractivity contribution in [1.82, 2.24) is 10.3 Å². The molecule has 2 heterocycles. The number of hydrogen-bond acceptors (Lipinski definition) is 5. The summed E-state index contributed by atoms with van der Waals surface area (Å²) in [7, 11) is 0. The van der Waals surface area contributed by atoms with Gasteiger partial charge in [-0.05, 0) is 31.0 Å². The van der Waals surface area contributed by atoms with Crippen molar-refractivity contribution < 1.29 is 4.79 Å². The summed E-state index contributed by atoms with van der Waals surface area (Å²) in [5.41, 5.74) is 5.13. The lowest BCUT2D eigenvalue weighted by Gasteiger charge is -2.34. The predicted molar refractivity (Wildman–Crippen MR) is 124 cm³/mol. The molecule has 0 unspecified atom stereocenters. The number of carbonyl (C=O) groups is 1. The number of para-hydroxylation sites is 1. The molecule has 0 radical (unpaired) electrons. The van der Waals surface area contributed by atoms with Gasteiger partial charge in [0.1, 0.15) is 5.70 Å². The molecule has 5 nitrogen and oxygen atoms in total. The van der Waals surface area contributed by atoms with Gasteiger partial charge in [0, 0.05) is 11.0 Å². The molecule has 3 aromatic carbocycles. The first kappa shape index (κ1) is 19.6. The van der Waals surface area contributed by atoms with E-state index in [1.165, 1.54) is 28.5 Å². The maximum absolute atomic E-state index is 13.2. The molecule has 5 rings (SSSR count). The van der Waals surface area contributed by atoms with Gasteiger partial charge in [0.2, 0.25) is 0 Å². The summed E-state index contributed by atoms with van der Waals surface area (Å²) in [6.07, 6.45) is -0.383. The average molecular weight is 427 g/mol. The average Bonchev–Trinajstić information content (AvgIpc) is 2.78. The highest BCUT2D eigenvalue weighted by atomic mass is 32.2. The molecule has 6 heteroatoms. The van der Waals surface area contributed by atoms with Gasteiger partial charge in [0.25, 0.3) is 5.91 Å². The van der Waals surface area contributed by atoms with Crippen LogP contribution in [0.15, 0.2) is 82.9 Å². The highest BCUT2D eigenvalue weighted by Gasteiger charge is 2.34. The molecule has 2 aliphatic rings. The van der Waals surface area contributed by atoms with Crippen LogP contribution in [0, 0.1) is 13.8 Å². The third-order valence-electron chi connectivity index (χ3n) is 5.39. The summed E-state index contributed by atoms with van der Waals surface area (Å²) in [5, 5.41) is 11.7. The predicted octanol–water partition coefficient (Wildman–Crippen LogP) is 3.38. The number of hydrogen-bond donors (Lipinski definition) is 1. The summed E-state index contributed by atoms with van der Waals surface area (Å²) >= 11 is 1.52. The van der Waals surface area contributed by atoms with Crippen molar-refractivity contribution in [3.05, 3.63) is 106 Å². The quantitative estimate of drug-likeness (QED) is 0.699. The number of thioether (sulfide) groups is 1. The second-order valence-corrected chi connectivity index (χ2v) is 8.72. The van der Waals surface area contributed by atoms with E-state index in [0.717, 1.165) is 21.9 Å². The number of amides is 1. The van der Waals surface area contributed by atoms with E-state index in [1.54, 1.807) is 5.01 Å². The van der Waals surface area contributed by atoms with Crippen LogP contribution in [0.25, 0.3) is 5.70 Å². The summed E-state index contributed by atoms with van der Waals surface area (Å²) < 4.78 is 0. The van der Waals surface area contributed by atoms with E-state index in [1.807, 2.05) is 24.3 Å². The molecule has 0 bridgehead atoms. The molecular formula is C25H22N4OS. The number of nitrogens with zero attached hydrogens (tertiary/aromatic N) is 3. The van der Waals surface area contributed by atoms with Gasteiger partial charge in [-0.15, -0.1) is 5.10 Å². The van der Waals surface area contributed by atoms with Gasteiger partial charge in [-0.2, -0.15) is 0 Å². The van der Waals surface area contributed by atoms with Gasteiger partial charge in [0.15, 0.2) is 11.3 Å². The topological polar surface area (TPSA) is 57.1 Å². The Morgan fingerprint density at radius 1 is 0.935 bits per heavy atom. The van der Waals surface area contributed by atoms with Gasteiger partial charge in [0.05, 0.1) is 5.36 Å². The first-order chi connectivity index (χ1) is 15.1. The number of amidine groups is 1. The SMILES string of the molecule is Cc1ccc(CSC2=NN3C(=c4ccccc4=N[C@H]3c3ccc(C)cc3)C(=O)N2)cc1. The molecule has 0 saturated carbocycles. The number of rotatable bonds is 3. The Balaban J connectivity index is 1.54. The van der Waals surface area contributed by atoms with Crippen molar-refractivity contribution in [2.24, 2.45) is 10.1 Å². The van der Waals surface area contributed by atoms with Crippen LogP contribution >= 0.6 is 11.8 Å². The van der Waals surface area contributed by atoms with E-state index < -0.39 is 0 Å². The molecule has 31 heavy (non-hydrogen) atoms. The summed E-state index contributed by atoms with van der Waals surface area (Å²) in [6.45, 7) is 4.13. The number of aryl methyl sites for hydroxylation is 2. The lowest BCUT2D eigenvalue weighted by molar-refractivity contribution is -0.116. The fourth-order valence-electron chi connectivity index (χ4n) is 3.68. The third kappa shape index (κ3) is 3.86. The van der Waals surface area contributed by atoms with Crippen LogP contribution < -0.4 is 15.9 Å². The number of benzene rings is 3. The molecule has 1 N–H and O–H groups in total. The van der Waals surface area contributed by atoms with Crippen LogP contribution in [-0.2, 0) is 10.5 Å². The molecule has 0 aliphatic carbocycles. The van der Waals surface area contributed by atoms with Crippen molar-refractivity contribution >= 4 is 28.5 Å². The Bertz CT molecular complexity index is 1300. The number of fused-ring (bicyclic) bond motifs is 2. The fourth-order valence-corrected chi connectivity index (χ4v) is 4.49. The molecule has 1 atom stereocenters. The molecular weight excluding hydrogens is 404 g/mol. The lowest BCUT2D eigenvalue weighted by Crippen LogP contribution is -2.50. The highest BCUT2D eigenvalue weighted by Crippen LogP contribution is 2.31. The molecule has 1 amide bonds. The Kier molecular flexibility index (Phi) is 5.08. The van der Waals surface area contributed by atoms with Crippen molar-refractivity contribution in [1.29, 1.82) is 0 Å². The molecule has 0 saturated heterocycles. The molecule has 0 spiro atoms. The lowest BCUT2D eigenvalue weighted by atomic mass is 10.1. The minimum absolute atomic E-state index is 0.152. The zero-order valence-electron chi connectivity index (χ0n) is 17.4. The summed E-state index contributed by atoms with van der Waals surface area (Å²) in [5.74, 6) is 0.576. The Labute approximate surface area is 185 Å². The van der Waals surface area contributed by atoms with Crippen LogP contribution in [0.4, 0.5) is 0 Å². The molecule has 0 fully saturated rings. The van der Waals surface area contributed by atoms with Crippen LogP contribution in [-0.4, -0.2) is 16.1 Å². The molecule has 3 aromatic rings. The van der Waals surface area contributed by atoms with Crippen LogP contribution in [0.1, 0.15) is 28.4 Å². The number of carbonyl (C=O) groups excluding carboxylic acids is 1.